The van der Waals surface area contributed by atoms with Crippen LogP contribution in [0.4, 0.5) is 0 Å². The number of carboxylic acids is 1. The largest absolute Gasteiger partial charge is 0.478 e. The number of halogens is 1. The van der Waals surface area contributed by atoms with Crippen LogP contribution in [-0.4, -0.2) is 15.9 Å². The van der Waals surface area contributed by atoms with Crippen LogP contribution >= 0.6 is 15.9 Å². The Morgan fingerprint density at radius 1 is 1.73 bits per heavy atom. The van der Waals surface area contributed by atoms with Crippen LogP contribution in [0.1, 0.15) is 26.2 Å². The Balaban J connectivity index is 2.89. The summed E-state index contributed by atoms with van der Waals surface area (Å²) in [6.45, 7) is 1.89. The van der Waals surface area contributed by atoms with Gasteiger partial charge in [-0.1, -0.05) is 15.9 Å². The van der Waals surface area contributed by atoms with Gasteiger partial charge in [0, 0.05) is 10.4 Å². The van der Waals surface area contributed by atoms with Crippen molar-refractivity contribution in [3.05, 3.63) is 11.1 Å². The number of hydrogen-bond donors (Lipinski definition) is 1. The summed E-state index contributed by atoms with van der Waals surface area (Å²) >= 11 is 3.44. The lowest BCUT2D eigenvalue weighted by molar-refractivity contribution is -0.132. The molecule has 0 heterocycles. The molecule has 1 aliphatic rings. The van der Waals surface area contributed by atoms with Gasteiger partial charge in [-0.2, -0.15) is 0 Å². The SMILES string of the molecule is CC1=C(C(=O)O)CCCC1Br. The standard InChI is InChI=1S/C8H11BrO2/c1-5-6(8(10)11)3-2-4-7(5)9/h7H,2-4H2,1H3,(H,10,11). The van der Waals surface area contributed by atoms with E-state index in [4.69, 9.17) is 5.11 Å². The highest BCUT2D eigenvalue weighted by Crippen LogP contribution is 2.29. The van der Waals surface area contributed by atoms with Crippen molar-refractivity contribution in [1.29, 1.82) is 0 Å². The molecule has 3 heteroatoms. The number of alkyl halides is 1. The molecule has 0 fully saturated rings. The van der Waals surface area contributed by atoms with Gasteiger partial charge >= 0.3 is 5.97 Å². The molecule has 0 saturated carbocycles. The van der Waals surface area contributed by atoms with Gasteiger partial charge in [0.25, 0.3) is 0 Å². The summed E-state index contributed by atoms with van der Waals surface area (Å²) in [6, 6.07) is 0. The van der Waals surface area contributed by atoms with Gasteiger partial charge in [0.1, 0.15) is 0 Å². The van der Waals surface area contributed by atoms with E-state index in [1.165, 1.54) is 0 Å². The van der Waals surface area contributed by atoms with E-state index in [0.717, 1.165) is 24.8 Å². The van der Waals surface area contributed by atoms with Crippen molar-refractivity contribution in [2.24, 2.45) is 0 Å². The van der Waals surface area contributed by atoms with Crippen molar-refractivity contribution in [2.45, 2.75) is 31.0 Å². The second-order valence-corrected chi connectivity index (χ2v) is 3.93. The second-order valence-electron chi connectivity index (χ2n) is 2.83. The molecule has 2 nitrogen and oxygen atoms in total. The first-order chi connectivity index (χ1) is 5.13. The monoisotopic (exact) mass is 218 g/mol. The van der Waals surface area contributed by atoms with E-state index in [1.807, 2.05) is 6.92 Å². The van der Waals surface area contributed by atoms with Gasteiger partial charge in [-0.15, -0.1) is 0 Å². The minimum atomic E-state index is -0.758. The van der Waals surface area contributed by atoms with E-state index in [2.05, 4.69) is 15.9 Å². The average molecular weight is 219 g/mol. The van der Waals surface area contributed by atoms with E-state index in [-0.39, 0.29) is 4.83 Å². The van der Waals surface area contributed by atoms with E-state index in [1.54, 1.807) is 0 Å². The highest BCUT2D eigenvalue weighted by molar-refractivity contribution is 9.09. The number of allylic oxidation sites excluding steroid dienone is 1. The highest BCUT2D eigenvalue weighted by atomic mass is 79.9. The topological polar surface area (TPSA) is 37.3 Å². The first kappa shape index (κ1) is 8.78. The van der Waals surface area contributed by atoms with Crippen LogP contribution < -0.4 is 0 Å². The van der Waals surface area contributed by atoms with Gasteiger partial charge in [0.2, 0.25) is 0 Å². The predicted octanol–water partition coefficient (Wildman–Crippen LogP) is 2.33. The molecule has 0 bridgehead atoms. The Kier molecular flexibility index (Phi) is 2.71. The van der Waals surface area contributed by atoms with Crippen LogP contribution in [0.3, 0.4) is 0 Å². The number of hydrogen-bond acceptors (Lipinski definition) is 1. The van der Waals surface area contributed by atoms with Crippen molar-refractivity contribution in [3.63, 3.8) is 0 Å². The number of carbonyl (C=O) groups is 1. The molecule has 11 heavy (non-hydrogen) atoms. The third kappa shape index (κ3) is 1.83. The maximum atomic E-state index is 10.6. The van der Waals surface area contributed by atoms with Gasteiger partial charge in [0.15, 0.2) is 0 Å². The first-order valence-electron chi connectivity index (χ1n) is 3.70. The summed E-state index contributed by atoms with van der Waals surface area (Å²) in [5, 5.41) is 8.75. The molecule has 1 unspecified atom stereocenters. The maximum absolute atomic E-state index is 10.6. The lowest BCUT2D eigenvalue weighted by Crippen LogP contribution is -2.14. The van der Waals surface area contributed by atoms with Crippen molar-refractivity contribution < 1.29 is 9.90 Å². The molecular formula is C8H11BrO2. The first-order valence-corrected chi connectivity index (χ1v) is 4.61. The number of carboxylic acid groups (broad SMARTS) is 1. The number of rotatable bonds is 1. The second kappa shape index (κ2) is 3.39. The Labute approximate surface area is 74.4 Å². The molecular weight excluding hydrogens is 208 g/mol. The third-order valence-electron chi connectivity index (χ3n) is 2.09. The summed E-state index contributed by atoms with van der Waals surface area (Å²) in [7, 11) is 0. The van der Waals surface area contributed by atoms with Crippen molar-refractivity contribution in [1.82, 2.24) is 0 Å². The lowest BCUT2D eigenvalue weighted by Gasteiger charge is -2.19. The molecule has 1 rings (SSSR count). The molecule has 1 N–H and O–H groups in total. The molecule has 0 spiro atoms. The van der Waals surface area contributed by atoms with Crippen LogP contribution in [0.5, 0.6) is 0 Å². The summed E-state index contributed by atoms with van der Waals surface area (Å²) in [5.41, 5.74) is 1.59. The molecule has 0 saturated heterocycles. The summed E-state index contributed by atoms with van der Waals surface area (Å²) in [5.74, 6) is -0.758. The van der Waals surface area contributed by atoms with Gasteiger partial charge in [-0.3, -0.25) is 0 Å². The van der Waals surface area contributed by atoms with Crippen molar-refractivity contribution in [3.8, 4) is 0 Å². The molecule has 1 atom stereocenters. The van der Waals surface area contributed by atoms with Crippen LogP contribution in [-0.2, 0) is 4.79 Å². The van der Waals surface area contributed by atoms with Crippen LogP contribution in [0.2, 0.25) is 0 Å². The van der Waals surface area contributed by atoms with Gasteiger partial charge < -0.3 is 5.11 Å². The fourth-order valence-corrected chi connectivity index (χ4v) is 1.94. The predicted molar refractivity (Wildman–Crippen MR) is 46.9 cm³/mol. The van der Waals surface area contributed by atoms with Gasteiger partial charge in [0.05, 0.1) is 0 Å². The maximum Gasteiger partial charge on any atom is 0.331 e. The Morgan fingerprint density at radius 3 is 2.82 bits per heavy atom. The average Bonchev–Trinajstić information content (AvgIpc) is 1.94. The molecule has 62 valence electrons. The fraction of sp³-hybridized carbons (Fsp3) is 0.625. The third-order valence-corrected chi connectivity index (χ3v) is 3.23. The van der Waals surface area contributed by atoms with Crippen LogP contribution in [0.25, 0.3) is 0 Å². The molecule has 0 amide bonds. The molecule has 1 aliphatic carbocycles. The number of aliphatic carboxylic acids is 1. The van der Waals surface area contributed by atoms with E-state index < -0.39 is 5.97 Å². The Bertz CT molecular complexity index is 208. The van der Waals surface area contributed by atoms with E-state index in [9.17, 15) is 4.79 Å². The Morgan fingerprint density at radius 2 is 2.36 bits per heavy atom. The molecule has 0 aromatic heterocycles. The quantitative estimate of drug-likeness (QED) is 0.687. The lowest BCUT2D eigenvalue weighted by atomic mass is 9.93. The summed E-state index contributed by atoms with van der Waals surface area (Å²) in [4.78, 5) is 10.9. The molecule has 0 aromatic rings. The zero-order chi connectivity index (χ0) is 8.43. The minimum absolute atomic E-state index is 0.280. The smallest absolute Gasteiger partial charge is 0.331 e. The van der Waals surface area contributed by atoms with Crippen LogP contribution in [0.15, 0.2) is 11.1 Å². The summed E-state index contributed by atoms with van der Waals surface area (Å²) in [6.07, 6.45) is 2.76. The highest BCUT2D eigenvalue weighted by Gasteiger charge is 2.21. The summed E-state index contributed by atoms with van der Waals surface area (Å²) < 4.78 is 0. The van der Waals surface area contributed by atoms with Gasteiger partial charge in [-0.05, 0) is 31.8 Å². The Hall–Kier alpha value is -0.310. The minimum Gasteiger partial charge on any atom is -0.478 e. The fourth-order valence-electron chi connectivity index (χ4n) is 1.34. The zero-order valence-electron chi connectivity index (χ0n) is 6.43. The molecule has 0 aromatic carbocycles. The zero-order valence-corrected chi connectivity index (χ0v) is 8.02. The van der Waals surface area contributed by atoms with Crippen LogP contribution in [0, 0.1) is 0 Å². The van der Waals surface area contributed by atoms with Crippen molar-refractivity contribution in [2.75, 3.05) is 0 Å². The molecule has 0 aliphatic heterocycles. The normalized spacial score (nSPS) is 25.5. The van der Waals surface area contributed by atoms with E-state index in [0.29, 0.717) is 5.57 Å². The van der Waals surface area contributed by atoms with Crippen molar-refractivity contribution >= 4 is 21.9 Å². The van der Waals surface area contributed by atoms with E-state index >= 15 is 0 Å². The van der Waals surface area contributed by atoms with Gasteiger partial charge in [-0.25, -0.2) is 4.79 Å². The molecule has 0 radical (unpaired) electrons.